The highest BCUT2D eigenvalue weighted by Gasteiger charge is 2.20. The Morgan fingerprint density at radius 2 is 2.00 bits per heavy atom. The zero-order valence-corrected chi connectivity index (χ0v) is 11.1. The number of rotatable bonds is 5. The Morgan fingerprint density at radius 3 is 2.44 bits per heavy atom. The summed E-state index contributed by atoms with van der Waals surface area (Å²) in [5, 5.41) is 3.16. The first-order valence-electron chi connectivity index (χ1n) is 5.36. The van der Waals surface area contributed by atoms with Crippen molar-refractivity contribution in [3.63, 3.8) is 0 Å². The lowest BCUT2D eigenvalue weighted by atomic mass is 9.98. The molecule has 3 nitrogen and oxygen atoms in total. The van der Waals surface area contributed by atoms with Crippen molar-refractivity contribution >= 4 is 27.5 Å². The van der Waals surface area contributed by atoms with Crippen LogP contribution >= 0.6 is 15.9 Å². The Labute approximate surface area is 105 Å². The molecule has 0 aliphatic carbocycles. The van der Waals surface area contributed by atoms with Gasteiger partial charge in [0.25, 0.3) is 0 Å². The molecule has 16 heavy (non-hydrogen) atoms. The molecular formula is C12H17BrN2O. The topological polar surface area (TPSA) is 55.1 Å². The van der Waals surface area contributed by atoms with Gasteiger partial charge in [-0.2, -0.15) is 0 Å². The van der Waals surface area contributed by atoms with Crippen LogP contribution in [0, 0.1) is 5.92 Å². The second kappa shape index (κ2) is 5.89. The van der Waals surface area contributed by atoms with E-state index in [2.05, 4.69) is 21.2 Å². The third-order valence-electron chi connectivity index (χ3n) is 2.69. The van der Waals surface area contributed by atoms with Crippen LogP contribution in [-0.4, -0.2) is 11.9 Å². The summed E-state index contributed by atoms with van der Waals surface area (Å²) in [6.07, 6.45) is 0.914. The van der Waals surface area contributed by atoms with E-state index in [9.17, 15) is 4.79 Å². The van der Waals surface area contributed by atoms with Crippen molar-refractivity contribution in [2.75, 3.05) is 5.32 Å². The lowest BCUT2D eigenvalue weighted by Crippen LogP contribution is -2.40. The minimum atomic E-state index is -0.314. The standard InChI is InChI=1S/C12H17BrN2O/c1-3-8(2)11(12(14)16)15-10-6-4-9(13)5-7-10/h4-8,11,15H,3H2,1-2H3,(H2,14,16). The van der Waals surface area contributed by atoms with Gasteiger partial charge in [-0.05, 0) is 30.2 Å². The summed E-state index contributed by atoms with van der Waals surface area (Å²) >= 11 is 3.36. The molecule has 2 atom stereocenters. The monoisotopic (exact) mass is 284 g/mol. The van der Waals surface area contributed by atoms with E-state index in [0.717, 1.165) is 16.6 Å². The number of nitrogens with two attached hydrogens (primary N) is 1. The quantitative estimate of drug-likeness (QED) is 0.874. The van der Waals surface area contributed by atoms with Crippen LogP contribution in [0.15, 0.2) is 28.7 Å². The van der Waals surface area contributed by atoms with E-state index in [1.165, 1.54) is 0 Å². The maximum atomic E-state index is 11.3. The van der Waals surface area contributed by atoms with Gasteiger partial charge in [0.05, 0.1) is 0 Å². The van der Waals surface area contributed by atoms with Crippen LogP contribution in [-0.2, 0) is 4.79 Å². The van der Waals surface area contributed by atoms with Crippen LogP contribution in [0.2, 0.25) is 0 Å². The van der Waals surface area contributed by atoms with E-state index in [-0.39, 0.29) is 17.9 Å². The average Bonchev–Trinajstić information content (AvgIpc) is 2.27. The first kappa shape index (κ1) is 13.0. The summed E-state index contributed by atoms with van der Waals surface area (Å²) in [4.78, 5) is 11.3. The summed E-state index contributed by atoms with van der Waals surface area (Å²) in [6.45, 7) is 4.06. The number of anilines is 1. The molecule has 0 saturated heterocycles. The SMILES string of the molecule is CCC(C)C(Nc1ccc(Br)cc1)C(N)=O. The third kappa shape index (κ3) is 3.52. The van der Waals surface area contributed by atoms with Gasteiger partial charge in [-0.1, -0.05) is 36.2 Å². The predicted molar refractivity (Wildman–Crippen MR) is 70.2 cm³/mol. The van der Waals surface area contributed by atoms with Gasteiger partial charge in [0.2, 0.25) is 5.91 Å². The molecule has 0 radical (unpaired) electrons. The summed E-state index contributed by atoms with van der Waals surface area (Å²) in [6, 6.07) is 7.38. The smallest absolute Gasteiger partial charge is 0.240 e. The highest BCUT2D eigenvalue weighted by Crippen LogP contribution is 2.18. The van der Waals surface area contributed by atoms with Crippen molar-refractivity contribution in [1.82, 2.24) is 0 Å². The highest BCUT2D eigenvalue weighted by molar-refractivity contribution is 9.10. The molecule has 1 aromatic rings. The number of hydrogen-bond donors (Lipinski definition) is 2. The molecule has 2 unspecified atom stereocenters. The Hall–Kier alpha value is -1.03. The normalized spacial score (nSPS) is 14.2. The Balaban J connectivity index is 2.75. The third-order valence-corrected chi connectivity index (χ3v) is 3.21. The molecule has 1 aromatic carbocycles. The zero-order valence-electron chi connectivity index (χ0n) is 9.53. The fourth-order valence-corrected chi connectivity index (χ4v) is 1.72. The number of benzene rings is 1. The van der Waals surface area contributed by atoms with E-state index in [1.807, 2.05) is 38.1 Å². The van der Waals surface area contributed by atoms with Crippen molar-refractivity contribution in [3.8, 4) is 0 Å². The molecule has 0 spiro atoms. The molecule has 1 amide bonds. The molecular weight excluding hydrogens is 268 g/mol. The Kier molecular flexibility index (Phi) is 4.80. The van der Waals surface area contributed by atoms with Gasteiger partial charge in [0, 0.05) is 10.2 Å². The van der Waals surface area contributed by atoms with E-state index >= 15 is 0 Å². The lowest BCUT2D eigenvalue weighted by molar-refractivity contribution is -0.119. The molecule has 1 rings (SSSR count). The fourth-order valence-electron chi connectivity index (χ4n) is 1.46. The number of halogens is 1. The predicted octanol–water partition coefficient (Wildman–Crippen LogP) is 2.76. The van der Waals surface area contributed by atoms with Crippen LogP contribution in [0.5, 0.6) is 0 Å². The van der Waals surface area contributed by atoms with Gasteiger partial charge in [0.15, 0.2) is 0 Å². The summed E-state index contributed by atoms with van der Waals surface area (Å²) in [7, 11) is 0. The van der Waals surface area contributed by atoms with E-state index in [4.69, 9.17) is 5.73 Å². The molecule has 4 heteroatoms. The first-order valence-corrected chi connectivity index (χ1v) is 6.15. The minimum absolute atomic E-state index is 0.223. The summed E-state index contributed by atoms with van der Waals surface area (Å²) in [5.41, 5.74) is 6.29. The molecule has 3 N–H and O–H groups in total. The molecule has 0 heterocycles. The van der Waals surface area contributed by atoms with E-state index in [1.54, 1.807) is 0 Å². The lowest BCUT2D eigenvalue weighted by Gasteiger charge is -2.22. The molecule has 0 aromatic heterocycles. The number of hydrogen-bond acceptors (Lipinski definition) is 2. The van der Waals surface area contributed by atoms with Crippen LogP contribution in [0.3, 0.4) is 0 Å². The summed E-state index contributed by atoms with van der Waals surface area (Å²) in [5.74, 6) is -0.0848. The maximum Gasteiger partial charge on any atom is 0.240 e. The number of carbonyl (C=O) groups is 1. The number of primary amides is 1. The molecule has 0 saturated carbocycles. The molecule has 0 aliphatic heterocycles. The summed E-state index contributed by atoms with van der Waals surface area (Å²) < 4.78 is 1.01. The van der Waals surface area contributed by atoms with Crippen LogP contribution < -0.4 is 11.1 Å². The largest absolute Gasteiger partial charge is 0.373 e. The molecule has 88 valence electrons. The van der Waals surface area contributed by atoms with Gasteiger partial charge in [-0.3, -0.25) is 4.79 Å². The van der Waals surface area contributed by atoms with E-state index < -0.39 is 0 Å². The fraction of sp³-hybridized carbons (Fsp3) is 0.417. The number of nitrogens with one attached hydrogen (secondary N) is 1. The highest BCUT2D eigenvalue weighted by atomic mass is 79.9. The van der Waals surface area contributed by atoms with E-state index in [0.29, 0.717) is 0 Å². The molecule has 0 bridgehead atoms. The van der Waals surface area contributed by atoms with Gasteiger partial charge in [0.1, 0.15) is 6.04 Å². The molecule has 0 aliphatic rings. The van der Waals surface area contributed by atoms with Gasteiger partial charge in [-0.25, -0.2) is 0 Å². The second-order valence-corrected chi connectivity index (χ2v) is 4.83. The Morgan fingerprint density at radius 1 is 1.44 bits per heavy atom. The van der Waals surface area contributed by atoms with Gasteiger partial charge in [-0.15, -0.1) is 0 Å². The first-order chi connectivity index (χ1) is 7.54. The van der Waals surface area contributed by atoms with Crippen LogP contribution in [0.25, 0.3) is 0 Å². The van der Waals surface area contributed by atoms with Crippen molar-refractivity contribution < 1.29 is 4.79 Å². The van der Waals surface area contributed by atoms with Crippen molar-refractivity contribution in [2.45, 2.75) is 26.3 Å². The minimum Gasteiger partial charge on any atom is -0.373 e. The van der Waals surface area contributed by atoms with Gasteiger partial charge < -0.3 is 11.1 Å². The van der Waals surface area contributed by atoms with Crippen molar-refractivity contribution in [1.29, 1.82) is 0 Å². The molecule has 0 fully saturated rings. The average molecular weight is 285 g/mol. The van der Waals surface area contributed by atoms with Crippen LogP contribution in [0.4, 0.5) is 5.69 Å². The Bertz CT molecular complexity index is 351. The zero-order chi connectivity index (χ0) is 12.1. The second-order valence-electron chi connectivity index (χ2n) is 3.92. The van der Waals surface area contributed by atoms with Crippen molar-refractivity contribution in [2.24, 2.45) is 11.7 Å². The maximum absolute atomic E-state index is 11.3. The number of amides is 1. The number of carbonyl (C=O) groups excluding carboxylic acids is 1. The van der Waals surface area contributed by atoms with Gasteiger partial charge >= 0.3 is 0 Å². The van der Waals surface area contributed by atoms with Crippen LogP contribution in [0.1, 0.15) is 20.3 Å². The van der Waals surface area contributed by atoms with Crippen molar-refractivity contribution in [3.05, 3.63) is 28.7 Å².